The molecule has 0 aromatic heterocycles. The number of hydrogen-bond donors (Lipinski definition) is 2. The number of nitrogens with zero attached hydrogens (tertiary/aromatic N) is 1. The lowest BCUT2D eigenvalue weighted by molar-refractivity contribution is 1.04. The van der Waals surface area contributed by atoms with E-state index in [-0.39, 0.29) is 5.11 Å². The predicted molar refractivity (Wildman–Crippen MR) is 63.4 cm³/mol. The van der Waals surface area contributed by atoms with Gasteiger partial charge in [0.2, 0.25) is 0 Å². The minimum atomic E-state index is 0.174. The molecule has 0 radical (unpaired) electrons. The highest BCUT2D eigenvalue weighted by Crippen LogP contribution is 2.09. The molecule has 1 aromatic carbocycles. The molecule has 1 aromatic rings. The molecular weight excluding hydrogens is 194 g/mol. The molecule has 0 saturated heterocycles. The summed E-state index contributed by atoms with van der Waals surface area (Å²) in [4.78, 5) is 0. The Kier molecular flexibility index (Phi) is 3.59. The quantitative estimate of drug-likeness (QED) is 0.438. The van der Waals surface area contributed by atoms with Crippen LogP contribution in [0.1, 0.15) is 16.7 Å². The van der Waals surface area contributed by atoms with Crippen LogP contribution in [0.4, 0.5) is 0 Å². The van der Waals surface area contributed by atoms with Crippen molar-refractivity contribution in [3.8, 4) is 0 Å². The Balaban J connectivity index is 2.85. The van der Waals surface area contributed by atoms with E-state index in [0.717, 1.165) is 5.56 Å². The molecular formula is C10H13N3S. The molecule has 0 atom stereocenters. The number of thiocarbonyl (C=S) groups is 1. The van der Waals surface area contributed by atoms with Gasteiger partial charge in [0.25, 0.3) is 0 Å². The van der Waals surface area contributed by atoms with Crippen molar-refractivity contribution in [1.29, 1.82) is 0 Å². The van der Waals surface area contributed by atoms with Gasteiger partial charge in [-0.05, 0) is 37.2 Å². The molecule has 0 unspecified atom stereocenters. The summed E-state index contributed by atoms with van der Waals surface area (Å²) in [5.41, 5.74) is 11.2. The van der Waals surface area contributed by atoms with Crippen molar-refractivity contribution in [2.75, 3.05) is 0 Å². The van der Waals surface area contributed by atoms with Crippen LogP contribution in [0.25, 0.3) is 0 Å². The van der Waals surface area contributed by atoms with Crippen LogP contribution in [0.5, 0.6) is 0 Å². The number of rotatable bonds is 2. The summed E-state index contributed by atoms with van der Waals surface area (Å²) in [6, 6.07) is 6.09. The van der Waals surface area contributed by atoms with Gasteiger partial charge in [0.05, 0.1) is 6.21 Å². The summed E-state index contributed by atoms with van der Waals surface area (Å²) in [5.74, 6) is 0. The molecule has 1 rings (SSSR count). The summed E-state index contributed by atoms with van der Waals surface area (Å²) >= 11 is 4.63. The summed E-state index contributed by atoms with van der Waals surface area (Å²) in [6.45, 7) is 4.07. The first-order chi connectivity index (χ1) is 6.61. The molecule has 3 nitrogen and oxygen atoms in total. The third kappa shape index (κ3) is 2.81. The Bertz CT molecular complexity index is 351. The second-order valence-electron chi connectivity index (χ2n) is 3.04. The van der Waals surface area contributed by atoms with Crippen LogP contribution in [0.15, 0.2) is 23.3 Å². The fourth-order valence-corrected chi connectivity index (χ4v) is 1.24. The summed E-state index contributed by atoms with van der Waals surface area (Å²) in [5, 5.41) is 4.10. The molecule has 4 heteroatoms. The molecule has 3 N–H and O–H groups in total. The molecule has 14 heavy (non-hydrogen) atoms. The van der Waals surface area contributed by atoms with E-state index in [9.17, 15) is 0 Å². The van der Waals surface area contributed by atoms with Gasteiger partial charge in [-0.1, -0.05) is 18.2 Å². The summed E-state index contributed by atoms with van der Waals surface area (Å²) in [6.07, 6.45) is 1.73. The van der Waals surface area contributed by atoms with E-state index in [0.29, 0.717) is 0 Å². The van der Waals surface area contributed by atoms with E-state index in [4.69, 9.17) is 5.73 Å². The van der Waals surface area contributed by atoms with E-state index in [1.165, 1.54) is 11.1 Å². The molecule has 0 heterocycles. The van der Waals surface area contributed by atoms with Crippen LogP contribution in [0.2, 0.25) is 0 Å². The zero-order valence-electron chi connectivity index (χ0n) is 8.24. The molecule has 0 spiro atoms. The van der Waals surface area contributed by atoms with Gasteiger partial charge in [-0.15, -0.1) is 0 Å². The first kappa shape index (κ1) is 10.7. The monoisotopic (exact) mass is 207 g/mol. The van der Waals surface area contributed by atoms with Crippen molar-refractivity contribution in [2.24, 2.45) is 10.8 Å². The molecule has 0 bridgehead atoms. The number of benzene rings is 1. The number of nitrogens with one attached hydrogen (secondary N) is 1. The predicted octanol–water partition coefficient (Wildman–Crippen LogP) is 1.47. The zero-order chi connectivity index (χ0) is 10.6. The van der Waals surface area contributed by atoms with Gasteiger partial charge in [-0.2, -0.15) is 5.10 Å². The Morgan fingerprint density at radius 1 is 1.43 bits per heavy atom. The Labute approximate surface area is 89.0 Å². The lowest BCUT2D eigenvalue weighted by Crippen LogP contribution is -2.24. The van der Waals surface area contributed by atoms with Gasteiger partial charge in [0.1, 0.15) is 0 Å². The van der Waals surface area contributed by atoms with E-state index in [2.05, 4.69) is 22.7 Å². The fourth-order valence-electron chi connectivity index (χ4n) is 1.19. The lowest BCUT2D eigenvalue weighted by atomic mass is 10.0. The number of hydrazone groups is 1. The maximum absolute atomic E-state index is 5.24. The SMILES string of the molecule is Cc1cccc(C)c1/C=N/NC(N)=S. The van der Waals surface area contributed by atoms with Crippen molar-refractivity contribution < 1.29 is 0 Å². The Hall–Kier alpha value is -1.42. The third-order valence-electron chi connectivity index (χ3n) is 1.91. The van der Waals surface area contributed by atoms with Crippen molar-refractivity contribution in [1.82, 2.24) is 5.43 Å². The van der Waals surface area contributed by atoms with Crippen LogP contribution < -0.4 is 11.2 Å². The molecule has 0 aliphatic rings. The van der Waals surface area contributed by atoms with Gasteiger partial charge in [0.15, 0.2) is 5.11 Å². The van der Waals surface area contributed by atoms with Crippen molar-refractivity contribution >= 4 is 23.5 Å². The van der Waals surface area contributed by atoms with E-state index >= 15 is 0 Å². The Morgan fingerprint density at radius 3 is 2.50 bits per heavy atom. The summed E-state index contributed by atoms with van der Waals surface area (Å²) < 4.78 is 0. The highest BCUT2D eigenvalue weighted by atomic mass is 32.1. The maximum atomic E-state index is 5.24. The number of aryl methyl sites for hydroxylation is 2. The number of hydrogen-bond acceptors (Lipinski definition) is 2. The highest BCUT2D eigenvalue weighted by Gasteiger charge is 1.97. The van der Waals surface area contributed by atoms with Crippen molar-refractivity contribution in [3.05, 3.63) is 34.9 Å². The topological polar surface area (TPSA) is 50.4 Å². The first-order valence-corrected chi connectivity index (χ1v) is 4.67. The van der Waals surface area contributed by atoms with E-state index < -0.39 is 0 Å². The van der Waals surface area contributed by atoms with Crippen LogP contribution in [0.3, 0.4) is 0 Å². The minimum absolute atomic E-state index is 0.174. The van der Waals surface area contributed by atoms with Gasteiger partial charge in [-0.25, -0.2) is 0 Å². The second kappa shape index (κ2) is 4.72. The third-order valence-corrected chi connectivity index (χ3v) is 2.00. The molecule has 0 amide bonds. The second-order valence-corrected chi connectivity index (χ2v) is 3.48. The van der Waals surface area contributed by atoms with Crippen LogP contribution in [-0.2, 0) is 0 Å². The van der Waals surface area contributed by atoms with Crippen LogP contribution in [-0.4, -0.2) is 11.3 Å². The largest absolute Gasteiger partial charge is 0.375 e. The van der Waals surface area contributed by atoms with E-state index in [1.54, 1.807) is 6.21 Å². The van der Waals surface area contributed by atoms with E-state index in [1.807, 2.05) is 32.0 Å². The average Bonchev–Trinajstić information content (AvgIpc) is 2.09. The lowest BCUT2D eigenvalue weighted by Gasteiger charge is -2.03. The number of nitrogens with two attached hydrogens (primary N) is 1. The van der Waals surface area contributed by atoms with Crippen molar-refractivity contribution in [3.63, 3.8) is 0 Å². The minimum Gasteiger partial charge on any atom is -0.375 e. The first-order valence-electron chi connectivity index (χ1n) is 4.26. The fraction of sp³-hybridized carbons (Fsp3) is 0.200. The average molecular weight is 207 g/mol. The van der Waals surface area contributed by atoms with Crippen LogP contribution in [0, 0.1) is 13.8 Å². The smallest absolute Gasteiger partial charge is 0.184 e. The maximum Gasteiger partial charge on any atom is 0.184 e. The zero-order valence-corrected chi connectivity index (χ0v) is 9.06. The Morgan fingerprint density at radius 2 is 2.00 bits per heavy atom. The molecule has 0 fully saturated rings. The normalized spacial score (nSPS) is 10.4. The van der Waals surface area contributed by atoms with Crippen LogP contribution >= 0.6 is 12.2 Å². The van der Waals surface area contributed by atoms with Gasteiger partial charge < -0.3 is 5.73 Å². The van der Waals surface area contributed by atoms with Gasteiger partial charge >= 0.3 is 0 Å². The van der Waals surface area contributed by atoms with Gasteiger partial charge in [-0.3, -0.25) is 5.43 Å². The molecule has 0 saturated carbocycles. The molecule has 0 aliphatic heterocycles. The molecule has 0 aliphatic carbocycles. The molecule has 74 valence electrons. The van der Waals surface area contributed by atoms with Gasteiger partial charge in [0, 0.05) is 5.56 Å². The van der Waals surface area contributed by atoms with Crippen molar-refractivity contribution in [2.45, 2.75) is 13.8 Å². The highest BCUT2D eigenvalue weighted by molar-refractivity contribution is 7.80. The summed E-state index contributed by atoms with van der Waals surface area (Å²) in [7, 11) is 0. The standard InChI is InChI=1S/C10H13N3S/c1-7-4-3-5-8(2)9(7)6-12-13-10(11)14/h3-6H,1-2H3,(H3,11,13,14)/b12-6+.